The fraction of sp³-hybridized carbons (Fsp3) is 0.296. The minimum atomic E-state index is -0.101. The van der Waals surface area contributed by atoms with E-state index >= 15 is 0 Å². The second-order valence-electron chi connectivity index (χ2n) is 9.59. The number of fused-ring (bicyclic) bond motifs is 3. The van der Waals surface area contributed by atoms with Gasteiger partial charge in [-0.05, 0) is 57.0 Å². The molecule has 0 bridgehead atoms. The number of hydrogen-bond acceptors (Lipinski definition) is 6. The Bertz CT molecular complexity index is 1610. The fourth-order valence-electron chi connectivity index (χ4n) is 4.69. The summed E-state index contributed by atoms with van der Waals surface area (Å²) in [4.78, 5) is 20.3. The molecule has 1 fully saturated rings. The van der Waals surface area contributed by atoms with Crippen LogP contribution in [0.4, 0.5) is 5.82 Å². The fourth-order valence-corrected chi connectivity index (χ4v) is 5.76. The zero-order valence-corrected chi connectivity index (χ0v) is 20.9. The minimum absolute atomic E-state index is 0.00244. The van der Waals surface area contributed by atoms with Crippen molar-refractivity contribution in [3.63, 3.8) is 0 Å². The molecule has 7 nitrogen and oxygen atoms in total. The molecule has 0 saturated heterocycles. The van der Waals surface area contributed by atoms with E-state index in [1.807, 2.05) is 23.9 Å². The molecule has 1 atom stereocenters. The lowest BCUT2D eigenvalue weighted by Crippen LogP contribution is -2.27. The van der Waals surface area contributed by atoms with Gasteiger partial charge in [-0.1, -0.05) is 24.3 Å². The van der Waals surface area contributed by atoms with Crippen molar-refractivity contribution in [2.24, 2.45) is 0 Å². The first-order valence-electron chi connectivity index (χ1n) is 12.0. The molecule has 0 amide bonds. The van der Waals surface area contributed by atoms with Gasteiger partial charge in [0.05, 0.1) is 23.1 Å². The minimum Gasteiger partial charge on any atom is -0.362 e. The SMILES string of the molecule is CNCc1ccccc1-c1ccc([C@@H](C)Nc2nc3ccnn3c3cc(=O)n(C4(C)CC4)cc23)s1. The molecule has 2 N–H and O–H groups in total. The maximum Gasteiger partial charge on any atom is 0.253 e. The Labute approximate surface area is 207 Å². The van der Waals surface area contributed by atoms with Crippen molar-refractivity contribution in [3.8, 4) is 10.4 Å². The molecular formula is C27H28N6OS. The zero-order valence-electron chi connectivity index (χ0n) is 20.1. The summed E-state index contributed by atoms with van der Waals surface area (Å²) in [6.07, 6.45) is 5.71. The molecule has 0 radical (unpaired) electrons. The van der Waals surface area contributed by atoms with Crippen LogP contribution in [-0.4, -0.2) is 26.2 Å². The first-order valence-corrected chi connectivity index (χ1v) is 12.8. The number of pyridine rings is 1. The van der Waals surface area contributed by atoms with Gasteiger partial charge in [-0.2, -0.15) is 5.10 Å². The van der Waals surface area contributed by atoms with Crippen molar-refractivity contribution < 1.29 is 0 Å². The molecular weight excluding hydrogens is 456 g/mol. The number of thiophene rings is 1. The average molecular weight is 485 g/mol. The molecule has 8 heteroatoms. The quantitative estimate of drug-likeness (QED) is 0.333. The number of anilines is 1. The molecule has 4 aromatic heterocycles. The normalized spacial score (nSPS) is 15.5. The number of hydrogen-bond donors (Lipinski definition) is 2. The third kappa shape index (κ3) is 3.83. The first-order chi connectivity index (χ1) is 17.0. The molecule has 1 aliphatic rings. The van der Waals surface area contributed by atoms with Gasteiger partial charge in [0.25, 0.3) is 5.56 Å². The largest absolute Gasteiger partial charge is 0.362 e. The molecule has 0 spiro atoms. The van der Waals surface area contributed by atoms with E-state index in [2.05, 4.69) is 66.0 Å². The van der Waals surface area contributed by atoms with E-state index in [0.717, 1.165) is 41.8 Å². The number of nitrogens with zero attached hydrogens (tertiary/aromatic N) is 4. The van der Waals surface area contributed by atoms with Gasteiger partial charge in [-0.25, -0.2) is 9.50 Å². The maximum absolute atomic E-state index is 12.9. The van der Waals surface area contributed by atoms with Gasteiger partial charge in [0, 0.05) is 40.2 Å². The van der Waals surface area contributed by atoms with Gasteiger partial charge >= 0.3 is 0 Å². The Morgan fingerprint density at radius 2 is 2.00 bits per heavy atom. The number of rotatable bonds is 7. The molecule has 178 valence electrons. The van der Waals surface area contributed by atoms with Crippen molar-refractivity contribution in [2.45, 2.75) is 44.8 Å². The lowest BCUT2D eigenvalue weighted by Gasteiger charge is -2.18. The molecule has 0 aliphatic heterocycles. The zero-order chi connectivity index (χ0) is 24.2. The standard InChI is InChI=1S/C27H28N6OS/c1-17(22-8-9-23(35-22)19-7-5-4-6-18(19)15-28-3)30-26-20-16-32(27(2)11-12-27)25(34)14-21(20)33-24(31-26)10-13-29-33/h4-10,13-14,16-17,28H,11-12,15H2,1-3H3,(H,30,31)/t17-/m1/s1. The Morgan fingerprint density at radius 1 is 1.17 bits per heavy atom. The smallest absolute Gasteiger partial charge is 0.253 e. The second-order valence-corrected chi connectivity index (χ2v) is 10.7. The van der Waals surface area contributed by atoms with Crippen LogP contribution in [-0.2, 0) is 12.1 Å². The molecule has 0 unspecified atom stereocenters. The molecule has 4 heterocycles. The van der Waals surface area contributed by atoms with Gasteiger partial charge in [-0.15, -0.1) is 11.3 Å². The average Bonchev–Trinajstić information content (AvgIpc) is 3.24. The summed E-state index contributed by atoms with van der Waals surface area (Å²) in [5.74, 6) is 0.768. The molecule has 6 rings (SSSR count). The Morgan fingerprint density at radius 3 is 2.80 bits per heavy atom. The van der Waals surface area contributed by atoms with Crippen LogP contribution in [0.25, 0.3) is 27.0 Å². The van der Waals surface area contributed by atoms with E-state index in [9.17, 15) is 4.79 Å². The van der Waals surface area contributed by atoms with Crippen LogP contribution in [0.1, 0.15) is 43.2 Å². The van der Waals surface area contributed by atoms with Crippen LogP contribution < -0.4 is 16.2 Å². The van der Waals surface area contributed by atoms with Crippen LogP contribution in [0.15, 0.2) is 65.7 Å². The topological polar surface area (TPSA) is 76.2 Å². The summed E-state index contributed by atoms with van der Waals surface area (Å²) in [5.41, 5.74) is 3.94. The van der Waals surface area contributed by atoms with E-state index < -0.39 is 0 Å². The van der Waals surface area contributed by atoms with Crippen molar-refractivity contribution >= 4 is 33.7 Å². The summed E-state index contributed by atoms with van der Waals surface area (Å²) in [6.45, 7) is 5.12. The van der Waals surface area contributed by atoms with Crippen LogP contribution >= 0.6 is 11.3 Å². The van der Waals surface area contributed by atoms with E-state index in [1.165, 1.54) is 20.9 Å². The van der Waals surface area contributed by atoms with E-state index in [0.29, 0.717) is 0 Å². The van der Waals surface area contributed by atoms with Gasteiger partial charge in [-0.3, -0.25) is 4.79 Å². The van der Waals surface area contributed by atoms with Crippen LogP contribution in [0.5, 0.6) is 0 Å². The monoisotopic (exact) mass is 484 g/mol. The Kier molecular flexibility index (Phi) is 5.23. The van der Waals surface area contributed by atoms with Crippen LogP contribution in [0, 0.1) is 0 Å². The Hall–Kier alpha value is -3.49. The van der Waals surface area contributed by atoms with Crippen LogP contribution in [0.3, 0.4) is 0 Å². The lowest BCUT2D eigenvalue weighted by atomic mass is 10.1. The highest BCUT2D eigenvalue weighted by atomic mass is 32.1. The van der Waals surface area contributed by atoms with E-state index in [4.69, 9.17) is 4.98 Å². The second kappa shape index (κ2) is 8.32. The predicted molar refractivity (Wildman–Crippen MR) is 142 cm³/mol. The third-order valence-corrected chi connectivity index (χ3v) is 8.28. The summed E-state index contributed by atoms with van der Waals surface area (Å²) < 4.78 is 3.61. The molecule has 1 aliphatic carbocycles. The van der Waals surface area contributed by atoms with Gasteiger partial charge in [0.1, 0.15) is 5.82 Å². The highest BCUT2D eigenvalue weighted by Gasteiger charge is 2.40. The van der Waals surface area contributed by atoms with Crippen molar-refractivity contribution in [3.05, 3.63) is 81.7 Å². The predicted octanol–water partition coefficient (Wildman–Crippen LogP) is 5.17. The number of aromatic nitrogens is 4. The summed E-state index contributed by atoms with van der Waals surface area (Å²) in [5, 5.41) is 12.2. The van der Waals surface area contributed by atoms with Crippen molar-refractivity contribution in [2.75, 3.05) is 12.4 Å². The van der Waals surface area contributed by atoms with Crippen LogP contribution in [0.2, 0.25) is 0 Å². The maximum atomic E-state index is 12.9. The van der Waals surface area contributed by atoms with E-state index in [-0.39, 0.29) is 17.1 Å². The number of benzene rings is 1. The molecule has 35 heavy (non-hydrogen) atoms. The summed E-state index contributed by atoms with van der Waals surface area (Å²) >= 11 is 1.79. The first kappa shape index (κ1) is 22.0. The lowest BCUT2D eigenvalue weighted by molar-refractivity contribution is 0.516. The third-order valence-electron chi connectivity index (χ3n) is 6.98. The Balaban J connectivity index is 1.39. The van der Waals surface area contributed by atoms with Crippen molar-refractivity contribution in [1.29, 1.82) is 0 Å². The molecule has 1 saturated carbocycles. The highest BCUT2D eigenvalue weighted by Crippen LogP contribution is 2.42. The molecule has 1 aromatic carbocycles. The van der Waals surface area contributed by atoms with E-state index in [1.54, 1.807) is 28.1 Å². The highest BCUT2D eigenvalue weighted by molar-refractivity contribution is 7.15. The van der Waals surface area contributed by atoms with Gasteiger partial charge in [0.15, 0.2) is 5.65 Å². The molecule has 5 aromatic rings. The van der Waals surface area contributed by atoms with Crippen molar-refractivity contribution in [1.82, 2.24) is 24.5 Å². The summed E-state index contributed by atoms with van der Waals surface area (Å²) in [6, 6.07) is 16.5. The number of nitrogens with one attached hydrogen (secondary N) is 2. The summed E-state index contributed by atoms with van der Waals surface area (Å²) in [7, 11) is 1.97. The van der Waals surface area contributed by atoms with Gasteiger partial charge < -0.3 is 15.2 Å². The van der Waals surface area contributed by atoms with Gasteiger partial charge in [0.2, 0.25) is 0 Å².